The van der Waals surface area contributed by atoms with Gasteiger partial charge in [-0.05, 0) is 0 Å². The summed E-state index contributed by atoms with van der Waals surface area (Å²) >= 11 is 0. The summed E-state index contributed by atoms with van der Waals surface area (Å²) in [6.45, 7) is -0.532. The molecule has 0 unspecified atom stereocenters. The van der Waals surface area contributed by atoms with Gasteiger partial charge in [0.1, 0.15) is 0 Å². The van der Waals surface area contributed by atoms with Crippen LogP contribution >= 0.6 is 0 Å². The highest BCUT2D eigenvalue weighted by molar-refractivity contribution is 5.85. The Labute approximate surface area is 83.9 Å². The van der Waals surface area contributed by atoms with Crippen molar-refractivity contribution in [2.45, 2.75) is 18.2 Å². The molecule has 0 rings (SSSR count). The number of hydrogen-bond acceptors (Lipinski definition) is 2. The van der Waals surface area contributed by atoms with Gasteiger partial charge in [0.25, 0.3) is 0 Å². The highest BCUT2D eigenvalue weighted by atomic mass is 19.4. The number of rotatable bonds is 2. The number of ether oxygens (including phenoxy) is 1. The van der Waals surface area contributed by atoms with Crippen LogP contribution in [0, 0.1) is 0 Å². The van der Waals surface area contributed by atoms with E-state index in [1.54, 1.807) is 0 Å². The molecule has 0 fully saturated rings. The van der Waals surface area contributed by atoms with Crippen LogP contribution in [0.4, 0.5) is 35.1 Å². The van der Waals surface area contributed by atoms with Crippen LogP contribution in [0.25, 0.3) is 0 Å². The van der Waals surface area contributed by atoms with Gasteiger partial charge >= 0.3 is 24.2 Å². The lowest BCUT2D eigenvalue weighted by atomic mass is 10.3. The van der Waals surface area contributed by atoms with Gasteiger partial charge in [-0.3, -0.25) is 0 Å². The van der Waals surface area contributed by atoms with Crippen molar-refractivity contribution in [1.82, 2.24) is 0 Å². The lowest BCUT2D eigenvalue weighted by Gasteiger charge is -2.28. The first-order valence-electron chi connectivity index (χ1n) is 3.74. The zero-order chi connectivity index (χ0) is 14.1. The molecule has 0 aliphatic rings. The van der Waals surface area contributed by atoms with E-state index in [4.69, 9.17) is 1.37 Å². The van der Waals surface area contributed by atoms with E-state index in [1.807, 2.05) is 0 Å². The molecular weight excluding hydrogens is 256 g/mol. The van der Waals surface area contributed by atoms with E-state index in [9.17, 15) is 39.9 Å². The van der Waals surface area contributed by atoms with Crippen LogP contribution in [0.15, 0.2) is 12.4 Å². The molecule has 0 aromatic heterocycles. The lowest BCUT2D eigenvalue weighted by molar-refractivity contribution is -0.416. The van der Waals surface area contributed by atoms with Crippen LogP contribution in [0.3, 0.4) is 0 Å². The monoisotopic (exact) mass is 259 g/mol. The third-order valence-electron chi connectivity index (χ3n) is 1.16. The molecule has 0 saturated heterocycles. The summed E-state index contributed by atoms with van der Waals surface area (Å²) in [6, 6.07) is 0. The number of carbonyl (C=O) groups is 1. The van der Waals surface area contributed by atoms with Crippen LogP contribution in [-0.4, -0.2) is 24.2 Å². The third-order valence-corrected chi connectivity index (χ3v) is 1.16. The maximum absolute atomic E-state index is 12.6. The van der Waals surface area contributed by atoms with Crippen molar-refractivity contribution in [3.8, 4) is 0 Å². The fourth-order valence-corrected chi connectivity index (χ4v) is 0.453. The van der Waals surface area contributed by atoms with Gasteiger partial charge in [0.05, 0.1) is 1.37 Å². The van der Waals surface area contributed by atoms with E-state index in [2.05, 4.69) is 4.74 Å². The Morgan fingerprint density at radius 1 is 1.06 bits per heavy atom. The summed E-state index contributed by atoms with van der Waals surface area (Å²) in [6.07, 6.45) is -13.3. The predicted octanol–water partition coefficient (Wildman–Crippen LogP) is 2.80. The Balaban J connectivity index is 5.35. The molecule has 16 heavy (non-hydrogen) atoms. The molecule has 0 radical (unpaired) electrons. The predicted molar refractivity (Wildman–Crippen MR) is 32.3 cm³/mol. The molecule has 0 aliphatic heterocycles. The van der Waals surface area contributed by atoms with Crippen LogP contribution in [0.5, 0.6) is 0 Å². The van der Waals surface area contributed by atoms with Crippen molar-refractivity contribution < 1.29 is 46.0 Å². The normalized spacial score (nSPS) is 15.8. The minimum Gasteiger partial charge on any atom is -0.407 e. The zero-order valence-electron chi connectivity index (χ0n) is 7.92. The average Bonchev–Trinajstić information content (AvgIpc) is 2.12. The molecule has 0 aliphatic carbocycles. The number of halogens is 8. The minimum absolute atomic E-state index is 0.532. The smallest absolute Gasteiger partial charge is 0.407 e. The maximum atomic E-state index is 12.6. The van der Waals surface area contributed by atoms with Gasteiger partial charge < -0.3 is 4.74 Å². The highest BCUT2D eigenvalue weighted by Gasteiger charge is 2.76. The third kappa shape index (κ3) is 2.61. The van der Waals surface area contributed by atoms with Crippen molar-refractivity contribution >= 4 is 5.97 Å². The highest BCUT2D eigenvalue weighted by Crippen LogP contribution is 2.47. The first kappa shape index (κ1) is 12.7. The summed E-state index contributed by atoms with van der Waals surface area (Å²) < 4.78 is 104. The van der Waals surface area contributed by atoms with Crippen LogP contribution in [0.2, 0.25) is 0 Å². The first-order chi connectivity index (χ1) is 7.37. The van der Waals surface area contributed by atoms with Crippen LogP contribution in [-0.2, 0) is 9.53 Å². The van der Waals surface area contributed by atoms with Crippen molar-refractivity contribution in [3.63, 3.8) is 0 Å². The van der Waals surface area contributed by atoms with Crippen molar-refractivity contribution in [2.24, 2.45) is 0 Å². The molecule has 0 saturated carbocycles. The van der Waals surface area contributed by atoms with E-state index in [1.165, 1.54) is 0 Å². The molecule has 94 valence electrons. The SMILES string of the molecule is [2H]C=C(F)C(=O)OC(F)(C(F)(F)F)C(F)(F)F. The lowest BCUT2D eigenvalue weighted by Crippen LogP contribution is -2.56. The van der Waals surface area contributed by atoms with E-state index in [-0.39, 0.29) is 0 Å². The Morgan fingerprint density at radius 3 is 1.69 bits per heavy atom. The Morgan fingerprint density at radius 2 is 1.44 bits per heavy atom. The molecule has 0 heterocycles. The molecule has 0 bridgehead atoms. The number of esters is 1. The van der Waals surface area contributed by atoms with Gasteiger partial charge in [-0.25, -0.2) is 4.79 Å². The summed E-state index contributed by atoms with van der Waals surface area (Å²) in [5.74, 6) is -11.6. The molecule has 2 nitrogen and oxygen atoms in total. The number of carbonyl (C=O) groups excluding carboxylic acids is 1. The molecule has 0 atom stereocenters. The summed E-state index contributed by atoms with van der Waals surface area (Å²) in [5.41, 5.74) is 0. The van der Waals surface area contributed by atoms with Gasteiger partial charge in [-0.2, -0.15) is 35.1 Å². The minimum atomic E-state index is -6.64. The number of alkyl halides is 7. The van der Waals surface area contributed by atoms with Gasteiger partial charge in [0.2, 0.25) is 5.83 Å². The van der Waals surface area contributed by atoms with Gasteiger partial charge in [-0.15, -0.1) is 0 Å². The second-order valence-corrected chi connectivity index (χ2v) is 2.33. The van der Waals surface area contributed by atoms with E-state index >= 15 is 0 Å². The van der Waals surface area contributed by atoms with Gasteiger partial charge in [0.15, 0.2) is 0 Å². The summed E-state index contributed by atoms with van der Waals surface area (Å²) in [7, 11) is 0. The zero-order valence-corrected chi connectivity index (χ0v) is 6.92. The first-order valence-corrected chi connectivity index (χ1v) is 3.16. The molecule has 0 amide bonds. The molecule has 10 heteroatoms. The molecule has 0 N–H and O–H groups in total. The van der Waals surface area contributed by atoms with Crippen molar-refractivity contribution in [3.05, 3.63) is 12.4 Å². The molecule has 0 spiro atoms. The van der Waals surface area contributed by atoms with E-state index in [0.29, 0.717) is 0 Å². The van der Waals surface area contributed by atoms with Crippen molar-refractivity contribution in [2.75, 3.05) is 0 Å². The quantitative estimate of drug-likeness (QED) is 0.433. The number of hydrogen-bond donors (Lipinski definition) is 0. The van der Waals surface area contributed by atoms with Gasteiger partial charge in [-0.1, -0.05) is 6.55 Å². The van der Waals surface area contributed by atoms with Gasteiger partial charge in [0, 0.05) is 0 Å². The second kappa shape index (κ2) is 3.91. The van der Waals surface area contributed by atoms with E-state index < -0.39 is 36.6 Å². The topological polar surface area (TPSA) is 26.3 Å². The summed E-state index contributed by atoms with van der Waals surface area (Å²) in [5, 5.41) is 0. The van der Waals surface area contributed by atoms with Crippen molar-refractivity contribution in [1.29, 1.82) is 0 Å². The fourth-order valence-electron chi connectivity index (χ4n) is 0.453. The molecule has 0 aromatic carbocycles. The fraction of sp³-hybridized carbons (Fsp3) is 0.500. The Bertz CT molecular complexity index is 316. The van der Waals surface area contributed by atoms with Crippen LogP contribution < -0.4 is 0 Å². The largest absolute Gasteiger partial charge is 0.470 e. The molecular formula is C6H2F8O2. The standard InChI is InChI=1S/C6H2F8O2/c1-2(7)3(15)16-4(8,5(9,10)11)6(12,13)14/h1H2/i1D. The Kier molecular flexibility index (Phi) is 3.10. The van der Waals surface area contributed by atoms with Crippen LogP contribution in [0.1, 0.15) is 1.37 Å². The summed E-state index contributed by atoms with van der Waals surface area (Å²) in [4.78, 5) is 10.3. The molecule has 0 aromatic rings. The maximum Gasteiger partial charge on any atom is 0.470 e. The van der Waals surface area contributed by atoms with E-state index in [0.717, 1.165) is 0 Å². The average molecular weight is 259 g/mol. The Hall–Kier alpha value is -1.35. The second-order valence-electron chi connectivity index (χ2n) is 2.33.